The molecule has 0 spiro atoms. The molecule has 1 fully saturated rings. The van der Waals surface area contributed by atoms with Gasteiger partial charge in [0.05, 0.1) is 0 Å². The van der Waals surface area contributed by atoms with Gasteiger partial charge in [0.15, 0.2) is 6.29 Å². The Hall–Kier alpha value is -0.0800. The van der Waals surface area contributed by atoms with E-state index >= 15 is 0 Å². The monoisotopic (exact) mass is 228 g/mol. The number of hydrogen-bond donors (Lipinski definition) is 0. The fourth-order valence-electron chi connectivity index (χ4n) is 2.52. The molecular weight excluding hydrogens is 200 g/mol. The normalized spacial score (nSPS) is 28.1. The van der Waals surface area contributed by atoms with Crippen LogP contribution >= 0.6 is 0 Å². The number of hydrogen-bond acceptors (Lipinski definition) is 2. The zero-order valence-corrected chi connectivity index (χ0v) is 11.5. The lowest BCUT2D eigenvalue weighted by Gasteiger charge is -2.20. The molecule has 0 radical (unpaired) electrons. The smallest absolute Gasteiger partial charge is 0.184 e. The molecule has 0 saturated carbocycles. The van der Waals surface area contributed by atoms with Gasteiger partial charge in [0.25, 0.3) is 0 Å². The van der Waals surface area contributed by atoms with Crippen molar-refractivity contribution in [3.05, 3.63) is 0 Å². The van der Waals surface area contributed by atoms with Gasteiger partial charge >= 0.3 is 0 Å². The zero-order chi connectivity index (χ0) is 12.1. The van der Waals surface area contributed by atoms with Crippen LogP contribution in [0, 0.1) is 17.8 Å². The third kappa shape index (κ3) is 4.42. The summed E-state index contributed by atoms with van der Waals surface area (Å²) < 4.78 is 10.5. The Labute approximate surface area is 101 Å². The maximum absolute atomic E-state index is 5.40. The molecule has 0 aliphatic carbocycles. The highest BCUT2D eigenvalue weighted by atomic mass is 16.8. The second kappa shape index (κ2) is 6.61. The molecule has 16 heavy (non-hydrogen) atoms. The number of ether oxygens (including phenoxy) is 2. The van der Waals surface area contributed by atoms with E-state index in [0.717, 1.165) is 24.2 Å². The maximum atomic E-state index is 5.40. The van der Waals surface area contributed by atoms with Gasteiger partial charge in [0, 0.05) is 7.11 Å². The summed E-state index contributed by atoms with van der Waals surface area (Å²) in [5.41, 5.74) is 0. The van der Waals surface area contributed by atoms with Crippen LogP contribution in [0.4, 0.5) is 0 Å². The molecule has 96 valence electrons. The Morgan fingerprint density at radius 1 is 1.19 bits per heavy atom. The van der Waals surface area contributed by atoms with Gasteiger partial charge < -0.3 is 9.47 Å². The van der Waals surface area contributed by atoms with E-state index in [-0.39, 0.29) is 6.29 Å². The fourth-order valence-corrected chi connectivity index (χ4v) is 2.52. The fraction of sp³-hybridized carbons (Fsp3) is 1.00. The molecular formula is C14H28O2. The average molecular weight is 228 g/mol. The molecule has 0 aromatic carbocycles. The second-order valence-electron chi connectivity index (χ2n) is 5.61. The molecule has 4 atom stereocenters. The van der Waals surface area contributed by atoms with Crippen LogP contribution in [0.1, 0.15) is 53.4 Å². The molecule has 0 aromatic rings. The summed E-state index contributed by atoms with van der Waals surface area (Å²) in [6.45, 7) is 9.31. The quantitative estimate of drug-likeness (QED) is 0.589. The Morgan fingerprint density at radius 3 is 2.31 bits per heavy atom. The van der Waals surface area contributed by atoms with Crippen molar-refractivity contribution in [2.24, 2.45) is 17.8 Å². The van der Waals surface area contributed by atoms with Crippen molar-refractivity contribution in [1.82, 2.24) is 0 Å². The summed E-state index contributed by atoms with van der Waals surface area (Å²) in [5, 5.41) is 0. The van der Waals surface area contributed by atoms with E-state index in [1.807, 2.05) is 0 Å². The van der Waals surface area contributed by atoms with E-state index in [1.165, 1.54) is 19.3 Å². The van der Waals surface area contributed by atoms with Crippen LogP contribution in [0.3, 0.4) is 0 Å². The summed E-state index contributed by atoms with van der Waals surface area (Å²) in [6.07, 6.45) is 5.62. The lowest BCUT2D eigenvalue weighted by molar-refractivity contribution is 0.0950. The molecule has 0 bridgehead atoms. The zero-order valence-electron chi connectivity index (χ0n) is 11.5. The first-order valence-electron chi connectivity index (χ1n) is 6.76. The molecule has 0 amide bonds. The molecule has 2 heteroatoms. The van der Waals surface area contributed by atoms with Gasteiger partial charge in [0.2, 0.25) is 0 Å². The van der Waals surface area contributed by atoms with Crippen molar-refractivity contribution < 1.29 is 9.47 Å². The lowest BCUT2D eigenvalue weighted by Crippen LogP contribution is -2.10. The Kier molecular flexibility index (Phi) is 5.77. The van der Waals surface area contributed by atoms with Crippen LogP contribution in [0.2, 0.25) is 0 Å². The minimum Gasteiger partial charge on any atom is -0.353 e. The highest BCUT2D eigenvalue weighted by Gasteiger charge is 2.39. The number of rotatable bonds is 8. The Balaban J connectivity index is 2.12. The molecule has 1 aliphatic heterocycles. The predicted octanol–water partition coefficient (Wildman–Crippen LogP) is 3.85. The van der Waals surface area contributed by atoms with Gasteiger partial charge in [-0.1, -0.05) is 40.5 Å². The highest BCUT2D eigenvalue weighted by molar-refractivity contribution is 4.79. The van der Waals surface area contributed by atoms with E-state index in [0.29, 0.717) is 6.10 Å². The van der Waals surface area contributed by atoms with Crippen molar-refractivity contribution in [1.29, 1.82) is 0 Å². The lowest BCUT2D eigenvalue weighted by atomic mass is 9.85. The van der Waals surface area contributed by atoms with Crippen LogP contribution in [0.5, 0.6) is 0 Å². The molecule has 0 aromatic heterocycles. The van der Waals surface area contributed by atoms with E-state index in [4.69, 9.17) is 9.47 Å². The molecule has 1 rings (SSSR count). The summed E-state index contributed by atoms with van der Waals surface area (Å²) in [6, 6.07) is 0. The predicted molar refractivity (Wildman–Crippen MR) is 67.3 cm³/mol. The van der Waals surface area contributed by atoms with Crippen molar-refractivity contribution in [3.8, 4) is 0 Å². The largest absolute Gasteiger partial charge is 0.353 e. The first-order valence-corrected chi connectivity index (χ1v) is 6.76. The average Bonchev–Trinajstić information content (AvgIpc) is 2.96. The Morgan fingerprint density at radius 2 is 1.88 bits per heavy atom. The third-order valence-corrected chi connectivity index (χ3v) is 3.90. The third-order valence-electron chi connectivity index (χ3n) is 3.90. The summed E-state index contributed by atoms with van der Waals surface area (Å²) >= 11 is 0. The van der Waals surface area contributed by atoms with Gasteiger partial charge in [-0.15, -0.1) is 0 Å². The topological polar surface area (TPSA) is 21.8 Å². The van der Waals surface area contributed by atoms with Crippen molar-refractivity contribution in [3.63, 3.8) is 0 Å². The minimum absolute atomic E-state index is 0.0921. The van der Waals surface area contributed by atoms with Gasteiger partial charge in [-0.25, -0.2) is 0 Å². The summed E-state index contributed by atoms with van der Waals surface area (Å²) in [4.78, 5) is 0. The van der Waals surface area contributed by atoms with Crippen LogP contribution in [0.15, 0.2) is 0 Å². The molecule has 4 unspecified atom stereocenters. The van der Waals surface area contributed by atoms with Crippen LogP contribution in [0.25, 0.3) is 0 Å². The summed E-state index contributed by atoms with van der Waals surface area (Å²) in [7, 11) is 1.72. The van der Waals surface area contributed by atoms with Crippen molar-refractivity contribution >= 4 is 0 Å². The van der Waals surface area contributed by atoms with E-state index in [2.05, 4.69) is 27.7 Å². The molecule has 1 aliphatic rings. The van der Waals surface area contributed by atoms with Crippen LogP contribution in [-0.2, 0) is 9.47 Å². The van der Waals surface area contributed by atoms with E-state index in [9.17, 15) is 0 Å². The SMILES string of the molecule is CCC(CCC(C)CC1OC1OC)C(C)C. The second-order valence-corrected chi connectivity index (χ2v) is 5.61. The Bertz CT molecular complexity index is 191. The van der Waals surface area contributed by atoms with E-state index in [1.54, 1.807) is 7.11 Å². The van der Waals surface area contributed by atoms with Crippen LogP contribution < -0.4 is 0 Å². The molecule has 1 heterocycles. The van der Waals surface area contributed by atoms with Crippen molar-refractivity contribution in [2.45, 2.75) is 65.8 Å². The first-order chi connectivity index (χ1) is 7.58. The van der Waals surface area contributed by atoms with Gasteiger partial charge in [-0.2, -0.15) is 0 Å². The van der Waals surface area contributed by atoms with Gasteiger partial charge in [-0.05, 0) is 30.6 Å². The summed E-state index contributed by atoms with van der Waals surface area (Å²) in [5.74, 6) is 2.47. The first kappa shape index (κ1) is 14.0. The standard InChI is InChI=1S/C14H28O2/c1-6-12(10(2)3)8-7-11(4)9-13-14(15-5)16-13/h10-14H,6-9H2,1-5H3. The molecule has 0 N–H and O–H groups in total. The van der Waals surface area contributed by atoms with Gasteiger partial charge in [0.1, 0.15) is 6.10 Å². The highest BCUT2D eigenvalue weighted by Crippen LogP contribution is 2.31. The van der Waals surface area contributed by atoms with Crippen molar-refractivity contribution in [2.75, 3.05) is 7.11 Å². The van der Waals surface area contributed by atoms with E-state index < -0.39 is 0 Å². The van der Waals surface area contributed by atoms with Gasteiger partial charge in [-0.3, -0.25) is 0 Å². The van der Waals surface area contributed by atoms with Crippen LogP contribution in [-0.4, -0.2) is 19.5 Å². The molecule has 2 nitrogen and oxygen atoms in total. The number of methoxy groups -OCH3 is 1. The minimum atomic E-state index is 0.0921. The maximum Gasteiger partial charge on any atom is 0.184 e. The number of epoxide rings is 1. The molecule has 1 saturated heterocycles.